The van der Waals surface area contributed by atoms with Crippen LogP contribution in [0.1, 0.15) is 37.8 Å². The average molecular weight is 293 g/mol. The molecule has 0 radical (unpaired) electrons. The van der Waals surface area contributed by atoms with Crippen LogP contribution in [0.15, 0.2) is 12.3 Å². The fourth-order valence-corrected chi connectivity index (χ4v) is 2.94. The van der Waals surface area contributed by atoms with E-state index in [1.54, 1.807) is 12.3 Å². The van der Waals surface area contributed by atoms with Crippen molar-refractivity contribution < 1.29 is 9.59 Å². The molecular formula is C14H23N5O2. The minimum atomic E-state index is -1.22. The van der Waals surface area contributed by atoms with E-state index in [0.717, 1.165) is 26.1 Å². The van der Waals surface area contributed by atoms with Gasteiger partial charge in [-0.3, -0.25) is 14.7 Å². The average Bonchev–Trinajstić information content (AvgIpc) is 3.01. The van der Waals surface area contributed by atoms with Gasteiger partial charge in [-0.15, -0.1) is 0 Å². The molecule has 7 heteroatoms. The number of primary amides is 1. The number of amides is 2. The van der Waals surface area contributed by atoms with Gasteiger partial charge in [0.05, 0.1) is 5.69 Å². The van der Waals surface area contributed by atoms with Gasteiger partial charge in [-0.1, -0.05) is 6.42 Å². The first-order valence-corrected chi connectivity index (χ1v) is 7.43. The lowest BCUT2D eigenvalue weighted by Gasteiger charge is -2.31. The smallest absolute Gasteiger partial charge is 0.249 e. The maximum Gasteiger partial charge on any atom is 0.249 e. The number of hydrogen-bond acceptors (Lipinski definition) is 4. The van der Waals surface area contributed by atoms with Gasteiger partial charge in [-0.25, -0.2) is 0 Å². The molecule has 7 nitrogen and oxygen atoms in total. The second-order valence-corrected chi connectivity index (χ2v) is 5.50. The van der Waals surface area contributed by atoms with Crippen molar-refractivity contribution in [2.45, 2.75) is 37.6 Å². The quantitative estimate of drug-likeness (QED) is 0.591. The van der Waals surface area contributed by atoms with Crippen molar-refractivity contribution in [3.63, 3.8) is 0 Å². The molecule has 1 atom stereocenters. The van der Waals surface area contributed by atoms with Crippen LogP contribution >= 0.6 is 0 Å². The predicted molar refractivity (Wildman–Crippen MR) is 78.2 cm³/mol. The number of nitrogens with two attached hydrogens (primary N) is 1. The Bertz CT molecular complexity index is 456. The first kappa shape index (κ1) is 15.5. The van der Waals surface area contributed by atoms with Crippen LogP contribution < -0.4 is 11.1 Å². The Morgan fingerprint density at radius 1 is 1.48 bits per heavy atom. The van der Waals surface area contributed by atoms with Crippen molar-refractivity contribution in [1.29, 1.82) is 0 Å². The fourth-order valence-electron chi connectivity index (χ4n) is 2.94. The zero-order chi connectivity index (χ0) is 15.1. The van der Waals surface area contributed by atoms with Crippen LogP contribution in [-0.4, -0.2) is 47.0 Å². The van der Waals surface area contributed by atoms with Gasteiger partial charge in [-0.2, -0.15) is 5.10 Å². The summed E-state index contributed by atoms with van der Waals surface area (Å²) >= 11 is 0. The van der Waals surface area contributed by atoms with Crippen LogP contribution in [0.5, 0.6) is 0 Å². The number of likely N-dealkylation sites (tertiary alicyclic amines) is 1. The third kappa shape index (κ3) is 3.60. The Morgan fingerprint density at radius 3 is 2.81 bits per heavy atom. The van der Waals surface area contributed by atoms with Crippen molar-refractivity contribution in [1.82, 2.24) is 20.4 Å². The van der Waals surface area contributed by atoms with Gasteiger partial charge in [0, 0.05) is 6.20 Å². The van der Waals surface area contributed by atoms with Gasteiger partial charge in [0.15, 0.2) is 5.54 Å². The molecule has 0 aromatic carbocycles. The maximum absolute atomic E-state index is 11.9. The van der Waals surface area contributed by atoms with Crippen molar-refractivity contribution in [3.05, 3.63) is 18.0 Å². The van der Waals surface area contributed by atoms with E-state index in [4.69, 9.17) is 5.73 Å². The van der Waals surface area contributed by atoms with Crippen LogP contribution in [0.4, 0.5) is 0 Å². The summed E-state index contributed by atoms with van der Waals surface area (Å²) in [6.45, 7) is 3.11. The molecule has 21 heavy (non-hydrogen) atoms. The second kappa shape index (κ2) is 7.21. The highest BCUT2D eigenvalue weighted by atomic mass is 16.2. The highest BCUT2D eigenvalue weighted by Gasteiger charge is 2.39. The van der Waals surface area contributed by atoms with Gasteiger partial charge >= 0.3 is 0 Å². The molecule has 1 unspecified atom stereocenters. The molecule has 116 valence electrons. The SMILES string of the molecule is NC(=O)C(CCCN1CCCCC1)(NC=O)c1cc[nH]n1. The minimum absolute atomic E-state index is 0.447. The lowest BCUT2D eigenvalue weighted by Crippen LogP contribution is -2.53. The Labute approximate surface area is 124 Å². The van der Waals surface area contributed by atoms with Gasteiger partial charge in [0.25, 0.3) is 0 Å². The van der Waals surface area contributed by atoms with Gasteiger partial charge in [0.1, 0.15) is 0 Å². The standard InChI is InChI=1S/C14H23N5O2/c15-13(21)14(16-11-20,12-5-7-17-18-12)6-4-10-19-8-2-1-3-9-19/h5,7,11H,1-4,6,8-10H2,(H2,15,21)(H,16,20)(H,17,18). The van der Waals surface area contributed by atoms with E-state index >= 15 is 0 Å². The Kier molecular flexibility index (Phi) is 5.32. The summed E-state index contributed by atoms with van der Waals surface area (Å²) in [6.07, 6.45) is 7.10. The first-order chi connectivity index (χ1) is 10.2. The van der Waals surface area contributed by atoms with Crippen LogP contribution in [0.25, 0.3) is 0 Å². The number of nitrogens with one attached hydrogen (secondary N) is 2. The summed E-state index contributed by atoms with van der Waals surface area (Å²) in [5, 5.41) is 9.28. The number of hydrogen-bond donors (Lipinski definition) is 3. The number of aromatic nitrogens is 2. The summed E-state index contributed by atoms with van der Waals surface area (Å²) in [6, 6.07) is 1.67. The molecule has 2 heterocycles. The highest BCUT2D eigenvalue weighted by molar-refractivity contribution is 5.87. The largest absolute Gasteiger partial charge is 0.367 e. The van der Waals surface area contributed by atoms with Crippen molar-refractivity contribution in [2.75, 3.05) is 19.6 Å². The fraction of sp³-hybridized carbons (Fsp3) is 0.643. The van der Waals surface area contributed by atoms with E-state index in [1.165, 1.54) is 19.3 Å². The number of piperidine rings is 1. The predicted octanol–water partition coefficient (Wildman–Crippen LogP) is 0.102. The molecule has 0 aliphatic carbocycles. The molecular weight excluding hydrogens is 270 g/mol. The van der Waals surface area contributed by atoms with E-state index < -0.39 is 11.4 Å². The molecule has 1 aliphatic rings. The van der Waals surface area contributed by atoms with Crippen LogP contribution in [-0.2, 0) is 15.1 Å². The van der Waals surface area contributed by atoms with Crippen LogP contribution in [0.3, 0.4) is 0 Å². The molecule has 1 aliphatic heterocycles. The molecule has 0 saturated carbocycles. The topological polar surface area (TPSA) is 104 Å². The maximum atomic E-state index is 11.9. The van der Waals surface area contributed by atoms with E-state index in [-0.39, 0.29) is 0 Å². The number of carbonyl (C=O) groups is 2. The molecule has 2 amide bonds. The second-order valence-electron chi connectivity index (χ2n) is 5.50. The molecule has 4 N–H and O–H groups in total. The number of aromatic amines is 1. The lowest BCUT2D eigenvalue weighted by molar-refractivity contribution is -0.128. The highest BCUT2D eigenvalue weighted by Crippen LogP contribution is 2.25. The Morgan fingerprint density at radius 2 is 2.24 bits per heavy atom. The van der Waals surface area contributed by atoms with Gasteiger partial charge in [0.2, 0.25) is 12.3 Å². The number of nitrogens with zero attached hydrogens (tertiary/aromatic N) is 2. The molecule has 0 spiro atoms. The molecule has 1 saturated heterocycles. The van der Waals surface area contributed by atoms with Crippen LogP contribution in [0.2, 0.25) is 0 Å². The lowest BCUT2D eigenvalue weighted by atomic mass is 9.88. The summed E-state index contributed by atoms with van der Waals surface area (Å²) < 4.78 is 0. The first-order valence-electron chi connectivity index (χ1n) is 7.43. The van der Waals surface area contributed by atoms with Gasteiger partial charge < -0.3 is 16.0 Å². The summed E-state index contributed by atoms with van der Waals surface area (Å²) in [4.78, 5) is 25.2. The van der Waals surface area contributed by atoms with Crippen molar-refractivity contribution in [3.8, 4) is 0 Å². The summed E-state index contributed by atoms with van der Waals surface area (Å²) in [7, 11) is 0. The zero-order valence-corrected chi connectivity index (χ0v) is 12.2. The molecule has 2 rings (SSSR count). The van der Waals surface area contributed by atoms with Crippen molar-refractivity contribution >= 4 is 12.3 Å². The summed E-state index contributed by atoms with van der Waals surface area (Å²) in [5.74, 6) is -0.583. The van der Waals surface area contributed by atoms with Crippen molar-refractivity contribution in [2.24, 2.45) is 5.73 Å². The normalized spacial score (nSPS) is 18.9. The third-order valence-electron chi connectivity index (χ3n) is 4.14. The minimum Gasteiger partial charge on any atom is -0.367 e. The van der Waals surface area contributed by atoms with E-state index in [1.807, 2.05) is 0 Å². The third-order valence-corrected chi connectivity index (χ3v) is 4.14. The van der Waals surface area contributed by atoms with E-state index in [0.29, 0.717) is 18.5 Å². The monoisotopic (exact) mass is 293 g/mol. The van der Waals surface area contributed by atoms with E-state index in [9.17, 15) is 9.59 Å². The zero-order valence-electron chi connectivity index (χ0n) is 12.2. The van der Waals surface area contributed by atoms with Gasteiger partial charge in [-0.05, 0) is 51.4 Å². The molecule has 0 bridgehead atoms. The summed E-state index contributed by atoms with van der Waals surface area (Å²) in [5.41, 5.74) is 4.77. The molecule has 1 fully saturated rings. The number of rotatable bonds is 8. The van der Waals surface area contributed by atoms with E-state index in [2.05, 4.69) is 20.4 Å². The molecule has 1 aromatic heterocycles. The number of carbonyl (C=O) groups excluding carboxylic acids is 2. The Balaban J connectivity index is 2.01. The van der Waals surface area contributed by atoms with Crippen LogP contribution in [0, 0.1) is 0 Å². The molecule has 1 aromatic rings. The number of H-pyrrole nitrogens is 1. The Hall–Kier alpha value is -1.89.